The molecule has 1 unspecified atom stereocenters. The molecule has 2 aromatic carbocycles. The molecule has 1 atom stereocenters. The van der Waals surface area contributed by atoms with Gasteiger partial charge in [-0.1, -0.05) is 18.2 Å². The first-order valence-electron chi connectivity index (χ1n) is 8.47. The number of imidazole rings is 1. The standard InChI is InChI=1S/C19H20F2N4.2ClH/c1-12(24-11-5-6-13-14(22)7-4-10-16(13)24)18-23-15-8-2-3-9-17(15)25(18)19(20)21;;/h2-4,7-10,12,19H,5-6,11,22H2,1H3;2*1H. The predicted molar refractivity (Wildman–Crippen MR) is 110 cm³/mol. The van der Waals surface area contributed by atoms with Gasteiger partial charge >= 0.3 is 6.55 Å². The largest absolute Gasteiger partial charge is 0.398 e. The van der Waals surface area contributed by atoms with E-state index in [9.17, 15) is 8.78 Å². The van der Waals surface area contributed by atoms with Crippen molar-refractivity contribution in [3.8, 4) is 0 Å². The van der Waals surface area contributed by atoms with E-state index in [1.807, 2.05) is 31.2 Å². The summed E-state index contributed by atoms with van der Waals surface area (Å²) in [6.07, 6.45) is 1.86. The number of rotatable bonds is 3. The smallest absolute Gasteiger partial charge is 0.320 e. The number of benzene rings is 2. The van der Waals surface area contributed by atoms with Crippen LogP contribution in [0, 0.1) is 0 Å². The van der Waals surface area contributed by atoms with Crippen LogP contribution >= 0.6 is 24.8 Å². The lowest BCUT2D eigenvalue weighted by Crippen LogP contribution is -2.34. The predicted octanol–water partition coefficient (Wildman–Crippen LogP) is 5.37. The van der Waals surface area contributed by atoms with Gasteiger partial charge in [-0.2, -0.15) is 8.78 Å². The summed E-state index contributed by atoms with van der Waals surface area (Å²) in [7, 11) is 0. The summed E-state index contributed by atoms with van der Waals surface area (Å²) in [5.74, 6) is 0.381. The second-order valence-electron chi connectivity index (χ2n) is 6.42. The molecule has 8 heteroatoms. The van der Waals surface area contributed by atoms with Crippen LogP contribution in [-0.2, 0) is 6.42 Å². The van der Waals surface area contributed by atoms with Crippen molar-refractivity contribution in [2.45, 2.75) is 32.4 Å². The fourth-order valence-electron chi connectivity index (χ4n) is 3.78. The SMILES string of the molecule is CC(c1nc2ccccc2n1C(F)F)N1CCCc2c(N)cccc21.Cl.Cl. The Morgan fingerprint density at radius 2 is 1.81 bits per heavy atom. The number of anilines is 2. The van der Waals surface area contributed by atoms with Crippen LogP contribution in [0.2, 0.25) is 0 Å². The Hall–Kier alpha value is -2.05. The van der Waals surface area contributed by atoms with Crippen molar-refractivity contribution in [3.05, 3.63) is 53.9 Å². The van der Waals surface area contributed by atoms with Crippen molar-refractivity contribution in [1.29, 1.82) is 0 Å². The normalized spacial score (nSPS) is 14.4. The van der Waals surface area contributed by atoms with Crippen LogP contribution in [0.5, 0.6) is 0 Å². The van der Waals surface area contributed by atoms with E-state index in [0.29, 0.717) is 16.9 Å². The van der Waals surface area contributed by atoms with Gasteiger partial charge in [0.15, 0.2) is 0 Å². The summed E-state index contributed by atoms with van der Waals surface area (Å²) in [5.41, 5.74) is 10.0. The van der Waals surface area contributed by atoms with Crippen LogP contribution in [0.15, 0.2) is 42.5 Å². The first-order chi connectivity index (χ1) is 12.1. The topological polar surface area (TPSA) is 47.1 Å². The van der Waals surface area contributed by atoms with Gasteiger partial charge in [-0.3, -0.25) is 4.57 Å². The summed E-state index contributed by atoms with van der Waals surface area (Å²) in [6.45, 7) is 0.0950. The maximum absolute atomic E-state index is 13.8. The van der Waals surface area contributed by atoms with Gasteiger partial charge in [0.05, 0.1) is 17.1 Å². The summed E-state index contributed by atoms with van der Waals surface area (Å²) < 4.78 is 28.6. The number of para-hydroxylation sites is 2. The summed E-state index contributed by atoms with van der Waals surface area (Å²) in [5, 5.41) is 0. The number of alkyl halides is 2. The van der Waals surface area contributed by atoms with Gasteiger partial charge in [-0.25, -0.2) is 4.98 Å². The maximum atomic E-state index is 13.8. The second-order valence-corrected chi connectivity index (χ2v) is 6.42. The maximum Gasteiger partial charge on any atom is 0.320 e. The first kappa shape index (κ1) is 21.3. The molecule has 0 spiro atoms. The number of hydrogen-bond donors (Lipinski definition) is 1. The number of fused-ring (bicyclic) bond motifs is 2. The summed E-state index contributed by atoms with van der Waals surface area (Å²) >= 11 is 0. The Bertz CT molecular complexity index is 929. The number of halogens is 4. The lowest BCUT2D eigenvalue weighted by molar-refractivity contribution is 0.0703. The molecule has 3 aromatic rings. The van der Waals surface area contributed by atoms with Gasteiger partial charge in [0.1, 0.15) is 5.82 Å². The van der Waals surface area contributed by atoms with E-state index in [1.54, 1.807) is 18.2 Å². The number of nitrogens with zero attached hydrogens (tertiary/aromatic N) is 3. The summed E-state index contributed by atoms with van der Waals surface area (Å²) in [4.78, 5) is 6.65. The Labute approximate surface area is 169 Å². The molecular weight excluding hydrogens is 393 g/mol. The van der Waals surface area contributed by atoms with Gasteiger partial charge in [0.25, 0.3) is 0 Å². The minimum absolute atomic E-state index is 0. The average molecular weight is 415 g/mol. The van der Waals surface area contributed by atoms with Crippen molar-refractivity contribution in [3.63, 3.8) is 0 Å². The molecule has 4 rings (SSSR count). The van der Waals surface area contributed by atoms with Gasteiger partial charge in [-0.05, 0) is 49.6 Å². The van der Waals surface area contributed by atoms with Gasteiger partial charge in [0.2, 0.25) is 0 Å². The van der Waals surface area contributed by atoms with Gasteiger partial charge in [-0.15, -0.1) is 24.8 Å². The highest BCUT2D eigenvalue weighted by Gasteiger charge is 2.29. The van der Waals surface area contributed by atoms with E-state index < -0.39 is 6.55 Å². The lowest BCUT2D eigenvalue weighted by atomic mass is 9.98. The monoisotopic (exact) mass is 414 g/mol. The molecule has 0 bridgehead atoms. The Balaban J connectivity index is 0.00000131. The van der Waals surface area contributed by atoms with Crippen LogP contribution < -0.4 is 10.6 Å². The van der Waals surface area contributed by atoms with Crippen LogP contribution in [0.25, 0.3) is 11.0 Å². The highest BCUT2D eigenvalue weighted by atomic mass is 35.5. The zero-order chi connectivity index (χ0) is 17.6. The highest BCUT2D eigenvalue weighted by Crippen LogP contribution is 2.38. The fraction of sp³-hybridized carbons (Fsp3) is 0.316. The molecule has 1 aromatic heterocycles. The van der Waals surface area contributed by atoms with E-state index in [0.717, 1.165) is 40.9 Å². The third-order valence-corrected chi connectivity index (χ3v) is 4.98. The molecule has 1 aliphatic heterocycles. The highest BCUT2D eigenvalue weighted by molar-refractivity contribution is 5.85. The molecule has 27 heavy (non-hydrogen) atoms. The number of nitrogens with two attached hydrogens (primary N) is 1. The number of nitrogen functional groups attached to an aromatic ring is 1. The molecule has 4 nitrogen and oxygen atoms in total. The fourth-order valence-corrected chi connectivity index (χ4v) is 3.78. The van der Waals surface area contributed by atoms with E-state index >= 15 is 0 Å². The van der Waals surface area contributed by atoms with Crippen molar-refractivity contribution in [2.75, 3.05) is 17.2 Å². The van der Waals surface area contributed by atoms with Crippen LogP contribution in [0.3, 0.4) is 0 Å². The second kappa shape index (κ2) is 8.31. The third-order valence-electron chi connectivity index (χ3n) is 4.98. The van der Waals surface area contributed by atoms with Crippen molar-refractivity contribution in [1.82, 2.24) is 9.55 Å². The molecule has 0 saturated carbocycles. The Kier molecular flexibility index (Phi) is 6.54. The molecule has 1 aliphatic rings. The number of aromatic nitrogens is 2. The quantitative estimate of drug-likeness (QED) is 0.585. The van der Waals surface area contributed by atoms with E-state index in [-0.39, 0.29) is 30.9 Å². The van der Waals surface area contributed by atoms with Crippen LogP contribution in [-0.4, -0.2) is 16.1 Å². The lowest BCUT2D eigenvalue weighted by Gasteiger charge is -2.36. The minimum Gasteiger partial charge on any atom is -0.398 e. The third kappa shape index (κ3) is 3.56. The Morgan fingerprint density at radius 3 is 2.56 bits per heavy atom. The molecule has 0 saturated heterocycles. The molecular formula is C19H22Cl2F2N4. The van der Waals surface area contributed by atoms with Crippen LogP contribution in [0.4, 0.5) is 20.2 Å². The molecule has 0 radical (unpaired) electrons. The van der Waals surface area contributed by atoms with E-state index in [1.165, 1.54) is 0 Å². The zero-order valence-corrected chi connectivity index (χ0v) is 16.4. The average Bonchev–Trinajstić information content (AvgIpc) is 3.01. The Morgan fingerprint density at radius 1 is 1.07 bits per heavy atom. The van der Waals surface area contributed by atoms with Gasteiger partial charge in [0, 0.05) is 17.9 Å². The van der Waals surface area contributed by atoms with Crippen molar-refractivity contribution >= 4 is 47.2 Å². The molecule has 0 aliphatic carbocycles. The van der Waals surface area contributed by atoms with Crippen molar-refractivity contribution in [2.24, 2.45) is 0 Å². The zero-order valence-electron chi connectivity index (χ0n) is 14.8. The number of hydrogen-bond acceptors (Lipinski definition) is 3. The first-order valence-corrected chi connectivity index (χ1v) is 8.47. The van der Waals surface area contributed by atoms with Gasteiger partial charge < -0.3 is 10.6 Å². The molecule has 2 heterocycles. The van der Waals surface area contributed by atoms with Crippen LogP contribution in [0.1, 0.15) is 37.3 Å². The van der Waals surface area contributed by atoms with E-state index in [2.05, 4.69) is 9.88 Å². The van der Waals surface area contributed by atoms with Crippen molar-refractivity contribution < 1.29 is 8.78 Å². The molecule has 146 valence electrons. The minimum atomic E-state index is -2.63. The molecule has 0 amide bonds. The molecule has 2 N–H and O–H groups in total. The van der Waals surface area contributed by atoms with E-state index in [4.69, 9.17) is 5.73 Å². The molecule has 0 fully saturated rings. The summed E-state index contributed by atoms with van der Waals surface area (Å²) in [6, 6.07) is 12.6.